The summed E-state index contributed by atoms with van der Waals surface area (Å²) in [5, 5.41) is 0. The quantitative estimate of drug-likeness (QED) is 0.633. The zero-order chi connectivity index (χ0) is 12.8. The molecule has 92 valence electrons. The van der Waals surface area contributed by atoms with Crippen LogP contribution in [-0.2, 0) is 9.59 Å². The summed E-state index contributed by atoms with van der Waals surface area (Å²) in [5.74, 6) is -0.257. The molecule has 0 aliphatic carbocycles. The summed E-state index contributed by atoms with van der Waals surface area (Å²) < 4.78 is 10.9. The average Bonchev–Trinajstić information content (AvgIpc) is 2.32. The molecule has 0 N–H and O–H groups in total. The van der Waals surface area contributed by atoms with Gasteiger partial charge in [0, 0.05) is 17.3 Å². The monoisotopic (exact) mass is 300 g/mol. The number of carbonyl (C=O) groups excluding carboxylic acids is 2. The van der Waals surface area contributed by atoms with Crippen LogP contribution in [0, 0.1) is 0 Å². The van der Waals surface area contributed by atoms with Gasteiger partial charge in [-0.05, 0) is 18.2 Å². The van der Waals surface area contributed by atoms with E-state index in [4.69, 9.17) is 9.47 Å². The summed E-state index contributed by atoms with van der Waals surface area (Å²) in [7, 11) is 0. The predicted octanol–water partition coefficient (Wildman–Crippen LogP) is 3.08. The highest BCUT2D eigenvalue weighted by atomic mass is 79.9. The number of esters is 2. The van der Waals surface area contributed by atoms with E-state index in [9.17, 15) is 9.59 Å². The first-order valence-corrected chi connectivity index (χ1v) is 6.07. The van der Waals surface area contributed by atoms with Crippen LogP contribution in [0.5, 0.6) is 11.5 Å². The van der Waals surface area contributed by atoms with Gasteiger partial charge in [0.2, 0.25) is 0 Å². The third-order valence-corrected chi connectivity index (χ3v) is 2.42. The second-order valence-electron chi connectivity index (χ2n) is 3.25. The van der Waals surface area contributed by atoms with Crippen LogP contribution in [0.3, 0.4) is 0 Å². The van der Waals surface area contributed by atoms with Crippen LogP contribution >= 0.6 is 15.9 Å². The van der Waals surface area contributed by atoms with Gasteiger partial charge in [-0.15, -0.1) is 0 Å². The molecule has 0 amide bonds. The number of carbonyl (C=O) groups is 2. The molecule has 0 atom stereocenters. The van der Waals surface area contributed by atoms with Gasteiger partial charge in [-0.3, -0.25) is 9.59 Å². The van der Waals surface area contributed by atoms with Crippen molar-refractivity contribution in [3.05, 3.63) is 22.7 Å². The Kier molecular flexibility index (Phi) is 5.15. The van der Waals surface area contributed by atoms with Gasteiger partial charge in [-0.25, -0.2) is 0 Å². The molecule has 0 aliphatic heterocycles. The molecule has 0 heterocycles. The van der Waals surface area contributed by atoms with Crippen molar-refractivity contribution in [3.8, 4) is 11.5 Å². The van der Waals surface area contributed by atoms with Crippen LogP contribution in [0.4, 0.5) is 0 Å². The van der Waals surface area contributed by atoms with E-state index in [1.54, 1.807) is 32.0 Å². The fourth-order valence-electron chi connectivity index (χ4n) is 1.04. The first-order valence-electron chi connectivity index (χ1n) is 5.27. The van der Waals surface area contributed by atoms with E-state index in [1.165, 1.54) is 0 Å². The lowest BCUT2D eigenvalue weighted by Gasteiger charge is -2.09. The van der Waals surface area contributed by atoms with Crippen molar-refractivity contribution < 1.29 is 19.1 Å². The first kappa shape index (κ1) is 13.7. The number of rotatable bonds is 4. The van der Waals surface area contributed by atoms with Crippen molar-refractivity contribution in [2.24, 2.45) is 0 Å². The third kappa shape index (κ3) is 4.19. The molecule has 1 rings (SSSR count). The van der Waals surface area contributed by atoms with Crippen LogP contribution < -0.4 is 9.47 Å². The second kappa shape index (κ2) is 6.39. The fraction of sp³-hybridized carbons (Fsp3) is 0.333. The van der Waals surface area contributed by atoms with Crippen molar-refractivity contribution in [2.45, 2.75) is 26.7 Å². The zero-order valence-corrected chi connectivity index (χ0v) is 11.2. The Morgan fingerprint density at radius 1 is 1.06 bits per heavy atom. The Labute approximate surface area is 108 Å². The molecule has 0 radical (unpaired) electrons. The topological polar surface area (TPSA) is 52.6 Å². The normalized spacial score (nSPS) is 9.82. The summed E-state index contributed by atoms with van der Waals surface area (Å²) in [6.07, 6.45) is 0.519. The molecular weight excluding hydrogens is 288 g/mol. The number of benzene rings is 1. The maximum absolute atomic E-state index is 11.2. The standard InChI is InChI=1S/C12H13BrO4/c1-3-11(14)16-9-6-5-8(13)7-10(9)17-12(15)4-2/h5-7H,3-4H2,1-2H3. The van der Waals surface area contributed by atoms with Gasteiger partial charge in [0.05, 0.1) is 0 Å². The maximum atomic E-state index is 11.2. The molecule has 17 heavy (non-hydrogen) atoms. The summed E-state index contributed by atoms with van der Waals surface area (Å²) in [4.78, 5) is 22.4. The van der Waals surface area contributed by atoms with E-state index < -0.39 is 0 Å². The number of hydrogen-bond acceptors (Lipinski definition) is 4. The fourth-order valence-corrected chi connectivity index (χ4v) is 1.38. The van der Waals surface area contributed by atoms with Crippen molar-refractivity contribution in [1.29, 1.82) is 0 Å². The Bertz CT molecular complexity index is 429. The SMILES string of the molecule is CCC(=O)Oc1ccc(Br)cc1OC(=O)CC. The van der Waals surface area contributed by atoms with Crippen LogP contribution in [0.25, 0.3) is 0 Å². The Balaban J connectivity index is 2.95. The molecule has 0 saturated carbocycles. The molecule has 0 spiro atoms. The Morgan fingerprint density at radius 2 is 1.59 bits per heavy atom. The van der Waals surface area contributed by atoms with Crippen LogP contribution in [-0.4, -0.2) is 11.9 Å². The molecule has 0 bridgehead atoms. The van der Waals surface area contributed by atoms with Crippen molar-refractivity contribution >= 4 is 27.9 Å². The summed E-state index contributed by atoms with van der Waals surface area (Å²) in [6.45, 7) is 3.39. The minimum absolute atomic E-state index is 0.244. The van der Waals surface area contributed by atoms with E-state index in [1.807, 2.05) is 0 Å². The molecule has 0 aromatic heterocycles. The van der Waals surface area contributed by atoms with Gasteiger partial charge in [0.25, 0.3) is 0 Å². The van der Waals surface area contributed by atoms with E-state index >= 15 is 0 Å². The lowest BCUT2D eigenvalue weighted by molar-refractivity contribution is -0.136. The van der Waals surface area contributed by atoms with Gasteiger partial charge in [0.15, 0.2) is 11.5 Å². The molecule has 0 unspecified atom stereocenters. The largest absolute Gasteiger partial charge is 0.423 e. The maximum Gasteiger partial charge on any atom is 0.311 e. The lowest BCUT2D eigenvalue weighted by atomic mass is 10.3. The number of hydrogen-bond donors (Lipinski definition) is 0. The van der Waals surface area contributed by atoms with Crippen molar-refractivity contribution in [1.82, 2.24) is 0 Å². The van der Waals surface area contributed by atoms with Gasteiger partial charge < -0.3 is 9.47 Å². The van der Waals surface area contributed by atoms with Gasteiger partial charge in [-0.1, -0.05) is 29.8 Å². The number of halogens is 1. The molecule has 0 fully saturated rings. The average molecular weight is 301 g/mol. The van der Waals surface area contributed by atoms with Crippen molar-refractivity contribution in [3.63, 3.8) is 0 Å². The van der Waals surface area contributed by atoms with E-state index in [-0.39, 0.29) is 36.3 Å². The van der Waals surface area contributed by atoms with Crippen LogP contribution in [0.1, 0.15) is 26.7 Å². The predicted molar refractivity (Wildman–Crippen MR) is 66.0 cm³/mol. The molecule has 5 heteroatoms. The molecule has 0 saturated heterocycles. The third-order valence-electron chi connectivity index (χ3n) is 1.93. The van der Waals surface area contributed by atoms with Gasteiger partial charge in [-0.2, -0.15) is 0 Å². The highest BCUT2D eigenvalue weighted by molar-refractivity contribution is 9.10. The Hall–Kier alpha value is -1.36. The highest BCUT2D eigenvalue weighted by Gasteiger charge is 2.12. The smallest absolute Gasteiger partial charge is 0.311 e. The summed E-state index contributed by atoms with van der Waals surface area (Å²) in [6, 6.07) is 4.88. The van der Waals surface area contributed by atoms with Crippen LogP contribution in [0.15, 0.2) is 22.7 Å². The van der Waals surface area contributed by atoms with Gasteiger partial charge in [0.1, 0.15) is 0 Å². The highest BCUT2D eigenvalue weighted by Crippen LogP contribution is 2.31. The lowest BCUT2D eigenvalue weighted by Crippen LogP contribution is -2.10. The Morgan fingerprint density at radius 3 is 2.12 bits per heavy atom. The summed E-state index contributed by atoms with van der Waals surface area (Å²) in [5.41, 5.74) is 0. The second-order valence-corrected chi connectivity index (χ2v) is 4.16. The summed E-state index contributed by atoms with van der Waals surface area (Å²) >= 11 is 3.26. The molecule has 0 aliphatic rings. The minimum atomic E-state index is -0.378. The zero-order valence-electron chi connectivity index (χ0n) is 9.66. The van der Waals surface area contributed by atoms with Crippen molar-refractivity contribution in [2.75, 3.05) is 0 Å². The molecule has 1 aromatic rings. The molecular formula is C12H13BrO4. The minimum Gasteiger partial charge on any atom is -0.423 e. The van der Waals surface area contributed by atoms with E-state index in [0.29, 0.717) is 0 Å². The van der Waals surface area contributed by atoms with E-state index in [0.717, 1.165) is 4.47 Å². The molecule has 1 aromatic carbocycles. The van der Waals surface area contributed by atoms with Gasteiger partial charge >= 0.3 is 11.9 Å². The molecule has 4 nitrogen and oxygen atoms in total. The number of ether oxygens (including phenoxy) is 2. The van der Waals surface area contributed by atoms with E-state index in [2.05, 4.69) is 15.9 Å². The first-order chi connectivity index (χ1) is 8.06. The van der Waals surface area contributed by atoms with Crippen LogP contribution in [0.2, 0.25) is 0 Å².